The molecule has 530 valence electrons. The Morgan fingerprint density at radius 2 is 0.632 bits per heavy atom. The fourth-order valence-corrected chi connectivity index (χ4v) is 20.2. The average Bonchev–Trinajstić information content (AvgIpc) is 1.41. The Hall–Kier alpha value is -14.8. The summed E-state index contributed by atoms with van der Waals surface area (Å²) in [5, 5.41) is 20.1. The maximum atomic E-state index is 7.36. The molecule has 114 heavy (non-hydrogen) atoms. The fourth-order valence-electron chi connectivity index (χ4n) is 20.2. The highest BCUT2D eigenvalue weighted by molar-refractivity contribution is 6.32. The van der Waals surface area contributed by atoms with Gasteiger partial charge in [-0.25, -0.2) is 0 Å². The first-order valence-corrected chi connectivity index (χ1v) is 39.4. The molecular weight excluding hydrogens is 1390 g/mol. The molecule has 0 amide bonds. The van der Waals surface area contributed by atoms with Gasteiger partial charge in [0, 0.05) is 76.4 Å². The molecule has 0 N–H and O–H groups in total. The van der Waals surface area contributed by atoms with E-state index in [0.29, 0.717) is 0 Å². The third kappa shape index (κ3) is 9.00. The van der Waals surface area contributed by atoms with E-state index in [4.69, 9.17) is 17.7 Å². The molecule has 5 aromatic heterocycles. The van der Waals surface area contributed by atoms with Crippen LogP contribution in [0.25, 0.3) is 236 Å². The van der Waals surface area contributed by atoms with Crippen molar-refractivity contribution in [3.8, 4) is 83.6 Å². The summed E-state index contributed by atoms with van der Waals surface area (Å²) in [5.74, 6) is 0. The van der Waals surface area contributed by atoms with Crippen molar-refractivity contribution >= 4 is 153 Å². The van der Waals surface area contributed by atoms with Crippen molar-refractivity contribution in [1.29, 1.82) is 0 Å². The number of rotatable bonds is 9. The number of fused-ring (bicyclic) bond motifs is 24. The molecule has 0 bridgehead atoms. The van der Waals surface area contributed by atoms with Crippen molar-refractivity contribution in [1.82, 2.24) is 4.57 Å². The van der Waals surface area contributed by atoms with E-state index >= 15 is 0 Å². The molecule has 19 aromatic carbocycles. The number of para-hydroxylation sites is 5. The lowest BCUT2D eigenvalue weighted by Gasteiger charge is -2.28. The Balaban J connectivity index is 0.600. The molecule has 1 unspecified atom stereocenters. The van der Waals surface area contributed by atoms with Crippen LogP contribution in [0.5, 0.6) is 0 Å². The molecule has 0 saturated carbocycles. The Bertz CT molecular complexity index is 8190. The van der Waals surface area contributed by atoms with Crippen LogP contribution in [0.4, 0.5) is 0 Å². The van der Waals surface area contributed by atoms with Crippen LogP contribution in [0.2, 0.25) is 0 Å². The van der Waals surface area contributed by atoms with Gasteiger partial charge in [-0.1, -0.05) is 286 Å². The van der Waals surface area contributed by atoms with Crippen molar-refractivity contribution in [2.24, 2.45) is 0 Å². The van der Waals surface area contributed by atoms with Crippen LogP contribution < -0.4 is 0 Å². The standard InChI is InChI=1S/C109H65NO4/c1-109(91-44-18-13-31-71(91)72-53-50-67(59-92(72)109)65-26-24-28-69(57-65)100-78-36-7-9-38-80(78)101(81-39-10-8-37-79(81)100)89-60-87-74-33-15-20-46-95(74)111-105(87)103-84-42-16-21-47-96(84)112-107(89)103)62-63-49-52-75-88-61-90(108-104(106(88)114-98(75)55-63)85-43-17-22-48-97(85)113-108)102-82-40-11-5-34-76(82)99(77-35-6-12-41-83(77)102)68-27-23-25-64(56-68)66-51-54-94-86(58-66)73-32-14-19-45-93(73)110(94)70-29-3-2-4-30-70/h2-61H,62H2,1H3. The number of hydrogen-bond donors (Lipinski definition) is 0. The largest absolute Gasteiger partial charge is 0.455 e. The van der Waals surface area contributed by atoms with E-state index in [1.54, 1.807) is 0 Å². The van der Waals surface area contributed by atoms with Crippen molar-refractivity contribution in [3.05, 3.63) is 381 Å². The van der Waals surface area contributed by atoms with Gasteiger partial charge in [0.15, 0.2) is 0 Å². The van der Waals surface area contributed by atoms with Gasteiger partial charge in [0.1, 0.15) is 44.7 Å². The van der Waals surface area contributed by atoms with Crippen molar-refractivity contribution < 1.29 is 17.7 Å². The van der Waals surface area contributed by atoms with E-state index in [2.05, 4.69) is 363 Å². The molecule has 5 heterocycles. The number of nitrogens with zero attached hydrogens (tertiary/aromatic N) is 1. The van der Waals surface area contributed by atoms with Gasteiger partial charge >= 0.3 is 0 Å². The second-order valence-corrected chi connectivity index (χ2v) is 31.3. The van der Waals surface area contributed by atoms with Crippen LogP contribution in [-0.4, -0.2) is 4.57 Å². The van der Waals surface area contributed by atoms with Gasteiger partial charge in [-0.3, -0.25) is 0 Å². The Kier molecular flexibility index (Phi) is 13.2. The van der Waals surface area contributed by atoms with E-state index in [0.717, 1.165) is 166 Å². The molecule has 0 radical (unpaired) electrons. The summed E-state index contributed by atoms with van der Waals surface area (Å²) in [7, 11) is 0. The second kappa shape index (κ2) is 23.9. The van der Waals surface area contributed by atoms with E-state index in [1.165, 1.54) is 93.4 Å². The molecule has 24 aromatic rings. The maximum Gasteiger partial charge on any atom is 0.147 e. The van der Waals surface area contributed by atoms with Crippen LogP contribution in [0.1, 0.15) is 23.6 Å². The molecule has 25 rings (SSSR count). The number of hydrogen-bond acceptors (Lipinski definition) is 4. The van der Waals surface area contributed by atoms with Crippen molar-refractivity contribution in [2.45, 2.75) is 18.8 Å². The number of benzene rings is 19. The van der Waals surface area contributed by atoms with Crippen LogP contribution >= 0.6 is 0 Å². The molecule has 1 aliphatic rings. The van der Waals surface area contributed by atoms with Gasteiger partial charge in [0.25, 0.3) is 0 Å². The smallest absolute Gasteiger partial charge is 0.147 e. The van der Waals surface area contributed by atoms with Gasteiger partial charge in [0.2, 0.25) is 0 Å². The topological polar surface area (TPSA) is 57.5 Å². The highest BCUT2D eigenvalue weighted by Gasteiger charge is 2.40. The van der Waals surface area contributed by atoms with E-state index in [-0.39, 0.29) is 0 Å². The van der Waals surface area contributed by atoms with E-state index in [1.807, 2.05) is 12.1 Å². The first-order chi connectivity index (χ1) is 56.4. The molecule has 1 aliphatic carbocycles. The van der Waals surface area contributed by atoms with Crippen molar-refractivity contribution in [3.63, 3.8) is 0 Å². The third-order valence-corrected chi connectivity index (χ3v) is 25.2. The summed E-state index contributed by atoms with van der Waals surface area (Å²) in [6.07, 6.45) is 0.750. The lowest BCUT2D eigenvalue weighted by molar-refractivity contribution is 0.582. The lowest BCUT2D eigenvalue weighted by atomic mass is 9.74. The maximum absolute atomic E-state index is 7.36. The van der Waals surface area contributed by atoms with E-state index < -0.39 is 5.41 Å². The van der Waals surface area contributed by atoms with Gasteiger partial charge < -0.3 is 22.2 Å². The zero-order valence-corrected chi connectivity index (χ0v) is 61.9. The minimum Gasteiger partial charge on any atom is -0.455 e. The highest BCUT2D eigenvalue weighted by Crippen LogP contribution is 2.56. The highest BCUT2D eigenvalue weighted by atomic mass is 16.4. The molecule has 1 atom stereocenters. The molecule has 5 heteroatoms. The normalized spacial score (nSPS) is 13.7. The minimum absolute atomic E-state index is 0.394. The van der Waals surface area contributed by atoms with Gasteiger partial charge in [-0.05, 0) is 207 Å². The Morgan fingerprint density at radius 1 is 0.228 bits per heavy atom. The second-order valence-electron chi connectivity index (χ2n) is 31.3. The van der Waals surface area contributed by atoms with Crippen LogP contribution in [0.3, 0.4) is 0 Å². The lowest BCUT2D eigenvalue weighted by Crippen LogP contribution is -2.24. The first-order valence-electron chi connectivity index (χ1n) is 39.4. The summed E-state index contributed by atoms with van der Waals surface area (Å²) >= 11 is 0. The minimum atomic E-state index is -0.394. The van der Waals surface area contributed by atoms with Gasteiger partial charge in [-0.15, -0.1) is 0 Å². The van der Waals surface area contributed by atoms with Gasteiger partial charge in [-0.2, -0.15) is 0 Å². The number of aromatic nitrogens is 1. The first kappa shape index (κ1) is 63.0. The fraction of sp³-hybridized carbons (Fsp3) is 0.0275. The predicted molar refractivity (Wildman–Crippen MR) is 475 cm³/mol. The summed E-state index contributed by atoms with van der Waals surface area (Å²) in [5.41, 5.74) is 29.9. The molecular formula is C109H65NO4. The summed E-state index contributed by atoms with van der Waals surface area (Å²) < 4.78 is 30.7. The monoisotopic (exact) mass is 1450 g/mol. The quantitative estimate of drug-likeness (QED) is 0.135. The van der Waals surface area contributed by atoms with Gasteiger partial charge in [0.05, 0.1) is 21.8 Å². The molecule has 0 saturated heterocycles. The number of furan rings is 4. The summed E-state index contributed by atoms with van der Waals surface area (Å²) in [6.45, 7) is 2.45. The summed E-state index contributed by atoms with van der Waals surface area (Å²) in [4.78, 5) is 0. The van der Waals surface area contributed by atoms with Crippen molar-refractivity contribution in [2.75, 3.05) is 0 Å². The van der Waals surface area contributed by atoms with Crippen LogP contribution in [0, 0.1) is 0 Å². The van der Waals surface area contributed by atoms with E-state index in [9.17, 15) is 0 Å². The molecule has 5 nitrogen and oxygen atoms in total. The molecule has 0 aliphatic heterocycles. The predicted octanol–water partition coefficient (Wildman–Crippen LogP) is 30.5. The van der Waals surface area contributed by atoms with Crippen LogP contribution in [0.15, 0.2) is 382 Å². The third-order valence-electron chi connectivity index (χ3n) is 25.2. The average molecular weight is 1450 g/mol. The zero-order chi connectivity index (χ0) is 74.6. The Labute approximate surface area is 653 Å². The molecule has 0 spiro atoms. The SMILES string of the molecule is CC1(Cc2ccc3c(c2)oc2c3cc(-c3c4ccccc4c(-c4cccc(-c5ccc6c(c5)c5ccccc5n6-c5ccccc5)c4)c4ccccc34)c3oc4ccccc4c32)c2ccccc2-c2ccc(-c3cccc(-c4c5ccccc5c(-c5cc6c7ccccc7oc6c6c5oc5ccccc56)c5ccccc45)c3)cc21. The summed E-state index contributed by atoms with van der Waals surface area (Å²) in [6, 6.07) is 134. The Morgan fingerprint density at radius 3 is 1.20 bits per heavy atom. The zero-order valence-electron chi connectivity index (χ0n) is 61.9. The molecule has 0 fully saturated rings. The van der Waals surface area contributed by atoms with Crippen LogP contribution in [-0.2, 0) is 11.8 Å².